The highest BCUT2D eigenvalue weighted by atomic mass is 79.9. The zero-order chi connectivity index (χ0) is 25.9. The minimum Gasteiger partial charge on any atom is -0.496 e. The van der Waals surface area contributed by atoms with Crippen LogP contribution in [0.15, 0.2) is 99.2 Å². The topological polar surface area (TPSA) is 58.6 Å². The van der Waals surface area contributed by atoms with E-state index in [4.69, 9.17) is 16.3 Å². The Morgan fingerprint density at radius 2 is 1.84 bits per heavy atom. The molecule has 1 aliphatic heterocycles. The lowest BCUT2D eigenvalue weighted by molar-refractivity contribution is 0.0947. The van der Waals surface area contributed by atoms with E-state index >= 15 is 0 Å². The lowest BCUT2D eigenvalue weighted by atomic mass is 10.1. The molecule has 0 fully saturated rings. The molecule has 0 aliphatic carbocycles. The van der Waals surface area contributed by atoms with E-state index in [9.17, 15) is 9.59 Å². The van der Waals surface area contributed by atoms with Gasteiger partial charge in [-0.15, -0.1) is 0 Å². The van der Waals surface area contributed by atoms with Crippen molar-refractivity contribution >= 4 is 56.8 Å². The summed E-state index contributed by atoms with van der Waals surface area (Å²) in [6, 6.07) is 26.1. The summed E-state index contributed by atoms with van der Waals surface area (Å²) in [5.74, 6) is 0.322. The van der Waals surface area contributed by atoms with Gasteiger partial charge < -0.3 is 15.0 Å². The maximum absolute atomic E-state index is 13.7. The number of hydrogen-bond acceptors (Lipinski definition) is 4. The van der Waals surface area contributed by atoms with Crippen molar-refractivity contribution in [2.75, 3.05) is 12.0 Å². The molecular formula is C29H22BrClN2O3S. The Balaban J connectivity index is 1.48. The van der Waals surface area contributed by atoms with Crippen LogP contribution >= 0.6 is 39.3 Å². The Morgan fingerprint density at radius 1 is 1.00 bits per heavy atom. The van der Waals surface area contributed by atoms with Crippen LogP contribution in [0, 0.1) is 0 Å². The molecule has 0 radical (unpaired) electrons. The van der Waals surface area contributed by atoms with Gasteiger partial charge in [0, 0.05) is 37.0 Å². The van der Waals surface area contributed by atoms with Crippen LogP contribution < -0.4 is 15.0 Å². The summed E-state index contributed by atoms with van der Waals surface area (Å²) in [7, 11) is 1.60. The van der Waals surface area contributed by atoms with Crippen LogP contribution in [0.5, 0.6) is 5.75 Å². The van der Waals surface area contributed by atoms with E-state index in [0.29, 0.717) is 40.7 Å². The molecule has 4 aromatic rings. The van der Waals surface area contributed by atoms with Gasteiger partial charge in [0.15, 0.2) is 0 Å². The highest BCUT2D eigenvalue weighted by Gasteiger charge is 2.28. The lowest BCUT2D eigenvalue weighted by Gasteiger charge is -2.24. The van der Waals surface area contributed by atoms with Crippen molar-refractivity contribution in [2.24, 2.45) is 0 Å². The third-order valence-electron chi connectivity index (χ3n) is 6.01. The molecule has 0 atom stereocenters. The van der Waals surface area contributed by atoms with Crippen molar-refractivity contribution in [3.63, 3.8) is 0 Å². The average molecular weight is 594 g/mol. The van der Waals surface area contributed by atoms with E-state index in [-0.39, 0.29) is 11.8 Å². The van der Waals surface area contributed by atoms with E-state index in [1.165, 1.54) is 11.8 Å². The van der Waals surface area contributed by atoms with E-state index in [1.54, 1.807) is 30.2 Å². The van der Waals surface area contributed by atoms with Gasteiger partial charge in [-0.05, 0) is 66.2 Å². The molecule has 0 aromatic heterocycles. The molecule has 5 rings (SSSR count). The molecule has 1 heterocycles. The molecule has 2 amide bonds. The van der Waals surface area contributed by atoms with Crippen molar-refractivity contribution in [1.29, 1.82) is 0 Å². The summed E-state index contributed by atoms with van der Waals surface area (Å²) >= 11 is 11.2. The van der Waals surface area contributed by atoms with Crippen LogP contribution in [0.25, 0.3) is 0 Å². The van der Waals surface area contributed by atoms with Crippen LogP contribution in [0.2, 0.25) is 5.02 Å². The van der Waals surface area contributed by atoms with Gasteiger partial charge in [0.25, 0.3) is 11.8 Å². The molecule has 186 valence electrons. The summed E-state index contributed by atoms with van der Waals surface area (Å²) in [6.07, 6.45) is 0. The first-order chi connectivity index (χ1) is 17.9. The maximum Gasteiger partial charge on any atom is 0.259 e. The number of rotatable bonds is 6. The summed E-state index contributed by atoms with van der Waals surface area (Å²) in [5.41, 5.74) is 3.51. The molecule has 1 aliphatic rings. The molecular weight excluding hydrogens is 572 g/mol. The molecule has 0 saturated heterocycles. The fourth-order valence-electron chi connectivity index (χ4n) is 4.20. The van der Waals surface area contributed by atoms with Crippen LogP contribution in [0.3, 0.4) is 0 Å². The van der Waals surface area contributed by atoms with Crippen molar-refractivity contribution in [1.82, 2.24) is 5.32 Å². The quantitative estimate of drug-likeness (QED) is 0.254. The Labute approximate surface area is 232 Å². The Bertz CT molecular complexity index is 1510. The van der Waals surface area contributed by atoms with Gasteiger partial charge in [-0.25, -0.2) is 0 Å². The number of halogens is 2. The minimum atomic E-state index is -0.244. The monoisotopic (exact) mass is 592 g/mol. The maximum atomic E-state index is 13.7. The predicted octanol–water partition coefficient (Wildman–Crippen LogP) is 7.35. The number of nitrogens with one attached hydrogen (secondary N) is 1. The van der Waals surface area contributed by atoms with Crippen molar-refractivity contribution in [3.8, 4) is 5.75 Å². The number of methoxy groups -OCH3 is 1. The van der Waals surface area contributed by atoms with Crippen molar-refractivity contribution in [2.45, 2.75) is 22.9 Å². The van der Waals surface area contributed by atoms with Gasteiger partial charge in [-0.2, -0.15) is 0 Å². The molecule has 8 heteroatoms. The largest absolute Gasteiger partial charge is 0.496 e. The molecule has 37 heavy (non-hydrogen) atoms. The van der Waals surface area contributed by atoms with Crippen LogP contribution in [0.4, 0.5) is 5.69 Å². The third kappa shape index (κ3) is 5.54. The smallest absolute Gasteiger partial charge is 0.259 e. The van der Waals surface area contributed by atoms with Crippen molar-refractivity contribution in [3.05, 3.63) is 117 Å². The number of ether oxygens (including phenoxy) is 1. The Morgan fingerprint density at radius 3 is 2.65 bits per heavy atom. The van der Waals surface area contributed by atoms with E-state index in [2.05, 4.69) is 21.2 Å². The fraction of sp³-hybridized carbons (Fsp3) is 0.103. The van der Waals surface area contributed by atoms with Crippen LogP contribution in [-0.4, -0.2) is 18.9 Å². The van der Waals surface area contributed by atoms with Crippen molar-refractivity contribution < 1.29 is 14.3 Å². The molecule has 0 spiro atoms. The SMILES string of the molecule is COc1ccc(Br)cc1CNC(=O)c1ccc2c(c1)N(Cc1cccc(Cl)c1)C(=O)c1ccccc1S2. The van der Waals surface area contributed by atoms with Gasteiger partial charge in [0.2, 0.25) is 0 Å². The standard InChI is InChI=1S/C29H22BrClN2O3S/c1-36-25-11-10-21(30)14-20(25)16-32-28(34)19-9-12-27-24(15-19)33(17-18-5-4-6-22(31)13-18)29(35)23-7-2-3-8-26(23)37-27/h2-15H,16-17H2,1H3,(H,32,34). The number of amides is 2. The van der Waals surface area contributed by atoms with Gasteiger partial charge >= 0.3 is 0 Å². The highest BCUT2D eigenvalue weighted by molar-refractivity contribution is 9.10. The van der Waals surface area contributed by atoms with E-state index in [1.807, 2.05) is 66.7 Å². The predicted molar refractivity (Wildman–Crippen MR) is 151 cm³/mol. The number of nitrogens with zero attached hydrogens (tertiary/aromatic N) is 1. The molecule has 4 aromatic carbocycles. The molecule has 1 N–H and O–H groups in total. The summed E-state index contributed by atoms with van der Waals surface area (Å²) in [4.78, 5) is 30.4. The molecule has 0 bridgehead atoms. The average Bonchev–Trinajstić information content (AvgIpc) is 3.01. The van der Waals surface area contributed by atoms with Gasteiger partial charge in [-0.1, -0.05) is 63.6 Å². The third-order valence-corrected chi connectivity index (χ3v) is 7.88. The Hall–Kier alpha value is -3.26. The second kappa shape index (κ2) is 11.0. The second-order valence-electron chi connectivity index (χ2n) is 8.44. The number of benzene rings is 4. The summed E-state index contributed by atoms with van der Waals surface area (Å²) in [6.45, 7) is 0.617. The van der Waals surface area contributed by atoms with Crippen LogP contribution in [-0.2, 0) is 13.1 Å². The summed E-state index contributed by atoms with van der Waals surface area (Å²) < 4.78 is 6.32. The lowest BCUT2D eigenvalue weighted by Crippen LogP contribution is -2.31. The van der Waals surface area contributed by atoms with Gasteiger partial charge in [-0.3, -0.25) is 9.59 Å². The first-order valence-electron chi connectivity index (χ1n) is 11.5. The minimum absolute atomic E-state index is 0.127. The number of anilines is 1. The van der Waals surface area contributed by atoms with Crippen LogP contribution in [0.1, 0.15) is 31.8 Å². The van der Waals surface area contributed by atoms with E-state index < -0.39 is 0 Å². The normalized spacial score (nSPS) is 12.4. The second-order valence-corrected chi connectivity index (χ2v) is 10.9. The number of fused-ring (bicyclic) bond motifs is 2. The molecule has 0 unspecified atom stereocenters. The number of carbonyl (C=O) groups excluding carboxylic acids is 2. The van der Waals surface area contributed by atoms with Gasteiger partial charge in [0.1, 0.15) is 5.75 Å². The number of carbonyl (C=O) groups is 2. The zero-order valence-electron chi connectivity index (χ0n) is 19.8. The zero-order valence-corrected chi connectivity index (χ0v) is 23.0. The van der Waals surface area contributed by atoms with E-state index in [0.717, 1.165) is 25.4 Å². The number of hydrogen-bond donors (Lipinski definition) is 1. The highest BCUT2D eigenvalue weighted by Crippen LogP contribution is 2.42. The Kier molecular flexibility index (Phi) is 7.55. The fourth-order valence-corrected chi connectivity index (χ4v) is 5.88. The molecule has 5 nitrogen and oxygen atoms in total. The van der Waals surface area contributed by atoms with Gasteiger partial charge in [0.05, 0.1) is 24.9 Å². The first kappa shape index (κ1) is 25.4. The first-order valence-corrected chi connectivity index (χ1v) is 13.5. The summed E-state index contributed by atoms with van der Waals surface area (Å²) in [5, 5.41) is 3.58. The molecule has 0 saturated carbocycles.